The van der Waals surface area contributed by atoms with Gasteiger partial charge in [-0.05, 0) is 54.7 Å². The van der Waals surface area contributed by atoms with E-state index in [1.165, 1.54) is 17.4 Å². The van der Waals surface area contributed by atoms with Crippen LogP contribution in [0.5, 0.6) is 0 Å². The molecule has 2 heterocycles. The number of carbonyl (C=O) groups excluding carboxylic acids is 1. The van der Waals surface area contributed by atoms with Crippen LogP contribution in [0.15, 0.2) is 52.9 Å². The van der Waals surface area contributed by atoms with Crippen LogP contribution in [0.2, 0.25) is 15.1 Å². The lowest BCUT2D eigenvalue weighted by Gasteiger charge is -2.05. The molecule has 0 unspecified atom stereocenters. The molecule has 0 aliphatic rings. The Labute approximate surface area is 189 Å². The average Bonchev–Trinajstić information content (AvgIpc) is 3.29. The van der Waals surface area contributed by atoms with Crippen molar-refractivity contribution in [3.05, 3.63) is 69.4 Å². The number of rotatable bonds is 3. The summed E-state index contributed by atoms with van der Waals surface area (Å²) in [5, 5.41) is 7.53. The van der Waals surface area contributed by atoms with Crippen LogP contribution in [0.3, 0.4) is 0 Å². The van der Waals surface area contributed by atoms with E-state index in [0.717, 1.165) is 4.70 Å². The van der Waals surface area contributed by atoms with Crippen LogP contribution in [0.1, 0.15) is 10.6 Å². The van der Waals surface area contributed by atoms with Gasteiger partial charge in [0.2, 0.25) is 0 Å². The first-order chi connectivity index (χ1) is 13.9. The van der Waals surface area contributed by atoms with Crippen molar-refractivity contribution in [2.24, 2.45) is 0 Å². The van der Waals surface area contributed by atoms with E-state index in [1.807, 2.05) is 12.1 Å². The van der Waals surface area contributed by atoms with Crippen molar-refractivity contribution in [1.82, 2.24) is 10.3 Å². The number of furan rings is 1. The van der Waals surface area contributed by atoms with Gasteiger partial charge in [0, 0.05) is 10.6 Å². The molecular weight excluding hydrogens is 473 g/mol. The van der Waals surface area contributed by atoms with E-state index in [1.54, 1.807) is 30.3 Å². The van der Waals surface area contributed by atoms with Gasteiger partial charge in [-0.1, -0.05) is 52.2 Å². The lowest BCUT2D eigenvalue weighted by atomic mass is 10.2. The molecule has 146 valence electrons. The standard InChI is InChI=1S/C19H10Cl3N3O2S2/c20-9-4-5-10(12(22)8-9)13-6-7-14(27-13)17(26)24-18(28)25-19-23-16-11(21)2-1-3-15(16)29-19/h1-8H,(H2,23,24,25,26,28). The highest BCUT2D eigenvalue weighted by atomic mass is 35.5. The summed E-state index contributed by atoms with van der Waals surface area (Å²) in [6.45, 7) is 0. The van der Waals surface area contributed by atoms with Gasteiger partial charge in [-0.2, -0.15) is 0 Å². The maximum absolute atomic E-state index is 12.4. The Hall–Kier alpha value is -2.16. The van der Waals surface area contributed by atoms with E-state index < -0.39 is 5.91 Å². The molecule has 0 atom stereocenters. The van der Waals surface area contributed by atoms with Crippen molar-refractivity contribution in [2.45, 2.75) is 0 Å². The molecule has 29 heavy (non-hydrogen) atoms. The second kappa shape index (κ2) is 8.30. The molecule has 0 aliphatic carbocycles. The summed E-state index contributed by atoms with van der Waals surface area (Å²) in [4.78, 5) is 16.8. The summed E-state index contributed by atoms with van der Waals surface area (Å²) in [5.74, 6) is 0.0250. The van der Waals surface area contributed by atoms with Gasteiger partial charge in [-0.25, -0.2) is 4.98 Å². The first-order valence-corrected chi connectivity index (χ1v) is 10.5. The van der Waals surface area contributed by atoms with Gasteiger partial charge < -0.3 is 9.73 Å². The largest absolute Gasteiger partial charge is 0.451 e. The van der Waals surface area contributed by atoms with Gasteiger partial charge in [0.25, 0.3) is 5.91 Å². The molecule has 10 heteroatoms. The molecule has 0 saturated carbocycles. The third kappa shape index (κ3) is 4.39. The van der Waals surface area contributed by atoms with E-state index in [0.29, 0.717) is 37.0 Å². The molecule has 2 aromatic heterocycles. The zero-order valence-electron chi connectivity index (χ0n) is 14.3. The number of para-hydroxylation sites is 1. The number of carbonyl (C=O) groups is 1. The van der Waals surface area contributed by atoms with Crippen LogP contribution >= 0.6 is 58.4 Å². The van der Waals surface area contributed by atoms with Crippen molar-refractivity contribution in [2.75, 3.05) is 5.32 Å². The van der Waals surface area contributed by atoms with E-state index in [-0.39, 0.29) is 10.9 Å². The van der Waals surface area contributed by atoms with Crippen LogP contribution in [0.4, 0.5) is 5.13 Å². The molecule has 4 rings (SSSR count). The fourth-order valence-electron chi connectivity index (χ4n) is 2.56. The number of benzene rings is 2. The third-order valence-electron chi connectivity index (χ3n) is 3.84. The Bertz CT molecular complexity index is 1250. The van der Waals surface area contributed by atoms with E-state index in [4.69, 9.17) is 51.4 Å². The normalized spacial score (nSPS) is 10.9. The number of hydrogen-bond donors (Lipinski definition) is 2. The highest BCUT2D eigenvalue weighted by molar-refractivity contribution is 7.80. The fourth-order valence-corrected chi connectivity index (χ4v) is 4.48. The van der Waals surface area contributed by atoms with Crippen LogP contribution in [-0.4, -0.2) is 16.0 Å². The van der Waals surface area contributed by atoms with Crippen LogP contribution in [0, 0.1) is 0 Å². The van der Waals surface area contributed by atoms with Crippen molar-refractivity contribution in [3.8, 4) is 11.3 Å². The number of amides is 1. The number of halogens is 3. The summed E-state index contributed by atoms with van der Waals surface area (Å²) in [6, 6.07) is 13.7. The number of hydrogen-bond acceptors (Lipinski definition) is 5. The van der Waals surface area contributed by atoms with Gasteiger partial charge in [-0.15, -0.1) is 0 Å². The Morgan fingerprint density at radius 1 is 1.07 bits per heavy atom. The molecular formula is C19H10Cl3N3O2S2. The number of thiazole rings is 1. The van der Waals surface area contributed by atoms with Crippen LogP contribution < -0.4 is 10.6 Å². The van der Waals surface area contributed by atoms with Crippen molar-refractivity contribution in [3.63, 3.8) is 0 Å². The first kappa shape index (κ1) is 20.1. The Balaban J connectivity index is 1.45. The van der Waals surface area contributed by atoms with E-state index >= 15 is 0 Å². The average molecular weight is 483 g/mol. The van der Waals surface area contributed by atoms with E-state index in [9.17, 15) is 4.79 Å². The summed E-state index contributed by atoms with van der Waals surface area (Å²) in [7, 11) is 0. The predicted molar refractivity (Wildman–Crippen MR) is 122 cm³/mol. The molecule has 2 aromatic carbocycles. The summed E-state index contributed by atoms with van der Waals surface area (Å²) < 4.78 is 6.52. The maximum Gasteiger partial charge on any atom is 0.293 e. The smallest absolute Gasteiger partial charge is 0.293 e. The monoisotopic (exact) mass is 481 g/mol. The van der Waals surface area contributed by atoms with E-state index in [2.05, 4.69) is 15.6 Å². The Kier molecular flexibility index (Phi) is 5.76. The third-order valence-corrected chi connectivity index (χ3v) is 5.84. The molecule has 0 bridgehead atoms. The topological polar surface area (TPSA) is 67.2 Å². The van der Waals surface area contributed by atoms with Crippen molar-refractivity contribution >= 4 is 84.7 Å². The first-order valence-electron chi connectivity index (χ1n) is 8.13. The zero-order chi connectivity index (χ0) is 20.5. The lowest BCUT2D eigenvalue weighted by molar-refractivity contribution is 0.0951. The molecule has 4 aromatic rings. The molecule has 0 fully saturated rings. The molecule has 0 spiro atoms. The summed E-state index contributed by atoms with van der Waals surface area (Å²) >= 11 is 24.8. The van der Waals surface area contributed by atoms with Crippen molar-refractivity contribution in [1.29, 1.82) is 0 Å². The van der Waals surface area contributed by atoms with Gasteiger partial charge in [0.05, 0.1) is 14.7 Å². The number of fused-ring (bicyclic) bond motifs is 1. The van der Waals surface area contributed by atoms with Gasteiger partial charge in [-0.3, -0.25) is 10.1 Å². The summed E-state index contributed by atoms with van der Waals surface area (Å²) in [5.41, 5.74) is 1.30. The number of aromatic nitrogens is 1. The minimum Gasteiger partial charge on any atom is -0.451 e. The van der Waals surface area contributed by atoms with Crippen molar-refractivity contribution < 1.29 is 9.21 Å². The second-order valence-electron chi connectivity index (χ2n) is 5.80. The van der Waals surface area contributed by atoms with Crippen LogP contribution in [0.25, 0.3) is 21.5 Å². The summed E-state index contributed by atoms with van der Waals surface area (Å²) in [6.07, 6.45) is 0. The molecule has 5 nitrogen and oxygen atoms in total. The second-order valence-corrected chi connectivity index (χ2v) is 8.49. The molecule has 0 saturated heterocycles. The molecule has 0 radical (unpaired) electrons. The highest BCUT2D eigenvalue weighted by Gasteiger charge is 2.16. The van der Waals surface area contributed by atoms with Gasteiger partial charge in [0.1, 0.15) is 11.3 Å². The SMILES string of the molecule is O=C(NC(=S)Nc1nc2c(Cl)cccc2s1)c1ccc(-c2ccc(Cl)cc2Cl)o1. The van der Waals surface area contributed by atoms with Crippen LogP contribution in [-0.2, 0) is 0 Å². The zero-order valence-corrected chi connectivity index (χ0v) is 18.2. The Morgan fingerprint density at radius 2 is 1.90 bits per heavy atom. The molecule has 0 aliphatic heterocycles. The highest BCUT2D eigenvalue weighted by Crippen LogP contribution is 2.32. The minimum atomic E-state index is -0.502. The minimum absolute atomic E-state index is 0.0857. The fraction of sp³-hybridized carbons (Fsp3) is 0. The Morgan fingerprint density at radius 3 is 2.66 bits per heavy atom. The van der Waals surface area contributed by atoms with Gasteiger partial charge in [0.15, 0.2) is 16.0 Å². The van der Waals surface area contributed by atoms with Gasteiger partial charge >= 0.3 is 0 Å². The number of thiocarbonyl (C=S) groups is 1. The molecule has 2 N–H and O–H groups in total. The predicted octanol–water partition coefficient (Wildman–Crippen LogP) is 6.64. The molecule has 1 amide bonds. The number of anilines is 1. The quantitative estimate of drug-likeness (QED) is 0.320. The maximum atomic E-state index is 12.4. The lowest BCUT2D eigenvalue weighted by Crippen LogP contribution is -2.33. The number of nitrogens with one attached hydrogen (secondary N) is 2. The number of nitrogens with zero attached hydrogens (tertiary/aromatic N) is 1.